The minimum atomic E-state index is -0.721. The summed E-state index contributed by atoms with van der Waals surface area (Å²) in [5, 5.41) is 4.87. The molecular weight excluding hydrogens is 312 g/mol. The van der Waals surface area contributed by atoms with Crippen LogP contribution in [0.15, 0.2) is 24.5 Å². The van der Waals surface area contributed by atoms with Crippen molar-refractivity contribution in [2.24, 2.45) is 0 Å². The summed E-state index contributed by atoms with van der Waals surface area (Å²) in [6, 6.07) is 4.26. The van der Waals surface area contributed by atoms with Crippen LogP contribution in [0.3, 0.4) is 0 Å². The zero-order valence-corrected chi connectivity index (χ0v) is 13.6. The maximum absolute atomic E-state index is 12.5. The molecule has 1 aromatic rings. The van der Waals surface area contributed by atoms with Gasteiger partial charge in [0, 0.05) is 12.0 Å². The van der Waals surface area contributed by atoms with Crippen LogP contribution >= 0.6 is 0 Å². The molecule has 1 unspecified atom stereocenters. The number of benzene rings is 1. The van der Waals surface area contributed by atoms with E-state index in [9.17, 15) is 14.4 Å². The minimum absolute atomic E-state index is 0.205. The highest BCUT2D eigenvalue weighted by molar-refractivity contribution is 6.04. The second-order valence-electron chi connectivity index (χ2n) is 5.19. The Morgan fingerprint density at radius 2 is 2.21 bits per heavy atom. The average molecular weight is 332 g/mol. The van der Waals surface area contributed by atoms with Crippen LogP contribution in [0.2, 0.25) is 0 Å². The standard InChI is InChI=1S/C17H20N2O5/c1-3-24-9-8-11-10-12(23-2)4-5-13(11)16(21)18-14-6-7-15(20)19-17(14)22/h4-5,8-10,14H,3,6-7H2,1-2H3,(H,18,21)(H,19,20,22). The molecule has 0 spiro atoms. The van der Waals surface area contributed by atoms with Crippen LogP contribution < -0.4 is 15.4 Å². The fourth-order valence-electron chi connectivity index (χ4n) is 2.30. The average Bonchev–Trinajstić information content (AvgIpc) is 2.57. The Hall–Kier alpha value is -2.83. The zero-order chi connectivity index (χ0) is 17.5. The van der Waals surface area contributed by atoms with Crippen molar-refractivity contribution in [1.29, 1.82) is 0 Å². The van der Waals surface area contributed by atoms with Gasteiger partial charge in [0.1, 0.15) is 11.8 Å². The van der Waals surface area contributed by atoms with E-state index < -0.39 is 17.9 Å². The molecule has 24 heavy (non-hydrogen) atoms. The van der Waals surface area contributed by atoms with Gasteiger partial charge in [0.25, 0.3) is 5.91 Å². The van der Waals surface area contributed by atoms with Gasteiger partial charge < -0.3 is 14.8 Å². The Labute approximate surface area is 140 Å². The number of methoxy groups -OCH3 is 1. The highest BCUT2D eigenvalue weighted by Crippen LogP contribution is 2.20. The van der Waals surface area contributed by atoms with E-state index in [1.165, 1.54) is 13.4 Å². The maximum Gasteiger partial charge on any atom is 0.252 e. The molecule has 128 valence electrons. The van der Waals surface area contributed by atoms with Gasteiger partial charge in [0.05, 0.1) is 20.0 Å². The molecule has 0 saturated carbocycles. The largest absolute Gasteiger partial charge is 0.501 e. The van der Waals surface area contributed by atoms with Crippen LogP contribution in [0, 0.1) is 0 Å². The highest BCUT2D eigenvalue weighted by atomic mass is 16.5. The molecule has 1 aromatic carbocycles. The lowest BCUT2D eigenvalue weighted by Crippen LogP contribution is -2.52. The summed E-state index contributed by atoms with van der Waals surface area (Å²) in [6.45, 7) is 2.37. The highest BCUT2D eigenvalue weighted by Gasteiger charge is 2.28. The Kier molecular flexibility index (Phi) is 5.95. The zero-order valence-electron chi connectivity index (χ0n) is 13.6. The number of piperidine rings is 1. The van der Waals surface area contributed by atoms with Crippen molar-refractivity contribution in [3.8, 4) is 5.75 Å². The van der Waals surface area contributed by atoms with Gasteiger partial charge in [0.15, 0.2) is 0 Å². The van der Waals surface area contributed by atoms with Crippen molar-refractivity contribution in [3.63, 3.8) is 0 Å². The number of hydrogen-bond donors (Lipinski definition) is 2. The van der Waals surface area contributed by atoms with Crippen molar-refractivity contribution in [2.45, 2.75) is 25.8 Å². The third-order valence-electron chi connectivity index (χ3n) is 3.56. The number of hydrogen-bond acceptors (Lipinski definition) is 5. The molecule has 0 aliphatic carbocycles. The van der Waals surface area contributed by atoms with Crippen molar-refractivity contribution in [1.82, 2.24) is 10.6 Å². The lowest BCUT2D eigenvalue weighted by Gasteiger charge is -2.22. The van der Waals surface area contributed by atoms with Gasteiger partial charge in [-0.15, -0.1) is 0 Å². The number of carbonyl (C=O) groups is 3. The lowest BCUT2D eigenvalue weighted by atomic mass is 10.0. The molecule has 0 aromatic heterocycles. The van der Waals surface area contributed by atoms with Crippen molar-refractivity contribution in [3.05, 3.63) is 35.6 Å². The minimum Gasteiger partial charge on any atom is -0.501 e. The van der Waals surface area contributed by atoms with Crippen LogP contribution in [-0.2, 0) is 14.3 Å². The lowest BCUT2D eigenvalue weighted by molar-refractivity contribution is -0.134. The summed E-state index contributed by atoms with van der Waals surface area (Å²) < 4.78 is 10.3. The topological polar surface area (TPSA) is 93.7 Å². The summed E-state index contributed by atoms with van der Waals surface area (Å²) in [6.07, 6.45) is 3.65. The number of carbonyl (C=O) groups excluding carboxylic acids is 3. The number of rotatable bonds is 6. The third kappa shape index (κ3) is 4.34. The second kappa shape index (κ2) is 8.14. The van der Waals surface area contributed by atoms with Gasteiger partial charge in [-0.2, -0.15) is 0 Å². The molecule has 1 aliphatic rings. The van der Waals surface area contributed by atoms with E-state index >= 15 is 0 Å². The van der Waals surface area contributed by atoms with Crippen molar-refractivity contribution >= 4 is 23.8 Å². The Morgan fingerprint density at radius 3 is 2.88 bits per heavy atom. The van der Waals surface area contributed by atoms with E-state index in [0.29, 0.717) is 23.5 Å². The van der Waals surface area contributed by atoms with E-state index in [-0.39, 0.29) is 18.7 Å². The summed E-state index contributed by atoms with van der Waals surface area (Å²) in [7, 11) is 1.54. The van der Waals surface area contributed by atoms with Crippen LogP contribution in [0.25, 0.3) is 6.08 Å². The monoisotopic (exact) mass is 332 g/mol. The van der Waals surface area contributed by atoms with Crippen molar-refractivity contribution < 1.29 is 23.9 Å². The first kappa shape index (κ1) is 17.5. The fourth-order valence-corrected chi connectivity index (χ4v) is 2.30. The smallest absolute Gasteiger partial charge is 0.252 e. The quantitative estimate of drug-likeness (QED) is 0.604. The predicted octanol–water partition coefficient (Wildman–Crippen LogP) is 1.24. The molecule has 1 heterocycles. The van der Waals surface area contributed by atoms with Gasteiger partial charge in [0.2, 0.25) is 11.8 Å². The fraction of sp³-hybridized carbons (Fsp3) is 0.353. The van der Waals surface area contributed by atoms with Gasteiger partial charge in [-0.3, -0.25) is 19.7 Å². The first-order valence-corrected chi connectivity index (χ1v) is 7.66. The van der Waals surface area contributed by atoms with Crippen LogP contribution in [0.5, 0.6) is 5.75 Å². The second-order valence-corrected chi connectivity index (χ2v) is 5.19. The van der Waals surface area contributed by atoms with E-state index in [1.807, 2.05) is 6.92 Å². The third-order valence-corrected chi connectivity index (χ3v) is 3.56. The summed E-state index contributed by atoms with van der Waals surface area (Å²) >= 11 is 0. The Balaban J connectivity index is 2.18. The Morgan fingerprint density at radius 1 is 1.42 bits per heavy atom. The predicted molar refractivity (Wildman–Crippen MR) is 87.3 cm³/mol. The van der Waals surface area contributed by atoms with Crippen LogP contribution in [0.1, 0.15) is 35.7 Å². The van der Waals surface area contributed by atoms with Crippen LogP contribution in [0.4, 0.5) is 0 Å². The molecule has 1 fully saturated rings. The number of amides is 3. The molecule has 0 bridgehead atoms. The molecule has 1 saturated heterocycles. The molecule has 3 amide bonds. The summed E-state index contributed by atoms with van der Waals surface area (Å²) in [5.41, 5.74) is 0.990. The van der Waals surface area contributed by atoms with E-state index in [0.717, 1.165) is 0 Å². The summed E-state index contributed by atoms with van der Waals surface area (Å²) in [4.78, 5) is 35.4. The molecule has 2 N–H and O–H groups in total. The Bertz CT molecular complexity index is 669. The molecule has 0 radical (unpaired) electrons. The van der Waals surface area contributed by atoms with Gasteiger partial charge in [-0.25, -0.2) is 0 Å². The first-order chi connectivity index (χ1) is 11.5. The number of ether oxygens (including phenoxy) is 2. The normalized spacial score (nSPS) is 17.5. The van der Waals surface area contributed by atoms with E-state index in [4.69, 9.17) is 9.47 Å². The van der Waals surface area contributed by atoms with Gasteiger partial charge in [-0.05, 0) is 43.2 Å². The number of imide groups is 1. The van der Waals surface area contributed by atoms with Crippen molar-refractivity contribution in [2.75, 3.05) is 13.7 Å². The summed E-state index contributed by atoms with van der Waals surface area (Å²) in [5.74, 6) is -0.609. The van der Waals surface area contributed by atoms with Crippen LogP contribution in [-0.4, -0.2) is 37.5 Å². The van der Waals surface area contributed by atoms with Gasteiger partial charge >= 0.3 is 0 Å². The first-order valence-electron chi connectivity index (χ1n) is 7.66. The molecule has 7 nitrogen and oxygen atoms in total. The molecule has 7 heteroatoms. The molecule has 2 rings (SSSR count). The van der Waals surface area contributed by atoms with Gasteiger partial charge in [-0.1, -0.05) is 0 Å². The maximum atomic E-state index is 12.5. The van der Waals surface area contributed by atoms with E-state index in [1.54, 1.807) is 24.3 Å². The molecular formula is C17H20N2O5. The number of nitrogens with one attached hydrogen (secondary N) is 2. The molecule has 1 atom stereocenters. The van der Waals surface area contributed by atoms with E-state index in [2.05, 4.69) is 10.6 Å². The SMILES string of the molecule is CCOC=Cc1cc(OC)ccc1C(=O)NC1CCC(=O)NC1=O. The molecule has 1 aliphatic heterocycles.